The molecule has 0 saturated carbocycles. The number of aryl methyl sites for hydroxylation is 1. The van der Waals surface area contributed by atoms with Crippen molar-refractivity contribution in [2.45, 2.75) is 71.8 Å². The number of hydrogen-bond donors (Lipinski definition) is 1. The number of nitrogens with one attached hydrogen (secondary N) is 1. The standard InChI is InChI=1S/C24H33NO2/c1-7-8-9-18-10-14-20(15-11-18)25-22(26)24(5,6)27-21-16-12-19(13-17-21)23(2,3)4/h10-17H,7-9H2,1-6H3,(H,25,26). The second-order valence-corrected chi connectivity index (χ2v) is 8.64. The van der Waals surface area contributed by atoms with Gasteiger partial charge in [0, 0.05) is 5.69 Å². The highest BCUT2D eigenvalue weighted by atomic mass is 16.5. The van der Waals surface area contributed by atoms with Gasteiger partial charge in [0.05, 0.1) is 0 Å². The van der Waals surface area contributed by atoms with E-state index >= 15 is 0 Å². The summed E-state index contributed by atoms with van der Waals surface area (Å²) in [4.78, 5) is 12.7. The van der Waals surface area contributed by atoms with Crippen LogP contribution in [0.3, 0.4) is 0 Å². The third-order valence-corrected chi connectivity index (χ3v) is 4.67. The van der Waals surface area contributed by atoms with E-state index in [0.29, 0.717) is 5.75 Å². The number of benzene rings is 2. The van der Waals surface area contributed by atoms with Gasteiger partial charge in [0.15, 0.2) is 5.60 Å². The Morgan fingerprint density at radius 1 is 0.926 bits per heavy atom. The Kier molecular flexibility index (Phi) is 6.69. The number of carbonyl (C=O) groups is 1. The fourth-order valence-electron chi connectivity index (χ4n) is 2.78. The summed E-state index contributed by atoms with van der Waals surface area (Å²) in [5, 5.41) is 2.96. The molecule has 0 aliphatic carbocycles. The lowest BCUT2D eigenvalue weighted by Crippen LogP contribution is -2.42. The van der Waals surface area contributed by atoms with Crippen molar-refractivity contribution >= 4 is 11.6 Å². The average molecular weight is 368 g/mol. The highest BCUT2D eigenvalue weighted by Crippen LogP contribution is 2.26. The Hall–Kier alpha value is -2.29. The number of rotatable bonds is 7. The molecule has 0 bridgehead atoms. The fraction of sp³-hybridized carbons (Fsp3) is 0.458. The molecule has 0 aliphatic heterocycles. The topological polar surface area (TPSA) is 38.3 Å². The van der Waals surface area contributed by atoms with Gasteiger partial charge < -0.3 is 10.1 Å². The van der Waals surface area contributed by atoms with E-state index in [2.05, 4.69) is 57.3 Å². The van der Waals surface area contributed by atoms with Crippen LogP contribution in [0.5, 0.6) is 5.75 Å². The lowest BCUT2D eigenvalue weighted by Gasteiger charge is -2.26. The summed E-state index contributed by atoms with van der Waals surface area (Å²) < 4.78 is 5.97. The van der Waals surface area contributed by atoms with Gasteiger partial charge in [0.1, 0.15) is 5.75 Å². The van der Waals surface area contributed by atoms with E-state index in [4.69, 9.17) is 4.74 Å². The van der Waals surface area contributed by atoms with Crippen LogP contribution in [0.4, 0.5) is 5.69 Å². The summed E-state index contributed by atoms with van der Waals surface area (Å²) >= 11 is 0. The van der Waals surface area contributed by atoms with Crippen LogP contribution >= 0.6 is 0 Å². The van der Waals surface area contributed by atoms with Crippen LogP contribution in [0.2, 0.25) is 0 Å². The number of amides is 1. The van der Waals surface area contributed by atoms with E-state index in [0.717, 1.165) is 12.1 Å². The summed E-state index contributed by atoms with van der Waals surface area (Å²) in [5.41, 5.74) is 2.45. The second kappa shape index (κ2) is 8.60. The molecule has 2 aromatic rings. The Balaban J connectivity index is 2.00. The van der Waals surface area contributed by atoms with Gasteiger partial charge in [-0.15, -0.1) is 0 Å². The molecule has 0 aliphatic rings. The van der Waals surface area contributed by atoms with Gasteiger partial charge in [-0.25, -0.2) is 0 Å². The first-order chi connectivity index (χ1) is 12.6. The van der Waals surface area contributed by atoms with Crippen molar-refractivity contribution in [3.8, 4) is 5.75 Å². The molecule has 0 radical (unpaired) electrons. The summed E-state index contributed by atoms with van der Waals surface area (Å²) in [5.74, 6) is 0.529. The molecule has 3 heteroatoms. The normalized spacial score (nSPS) is 11.9. The van der Waals surface area contributed by atoms with Gasteiger partial charge >= 0.3 is 0 Å². The van der Waals surface area contributed by atoms with Gasteiger partial charge in [-0.05, 0) is 67.5 Å². The lowest BCUT2D eigenvalue weighted by atomic mass is 9.87. The van der Waals surface area contributed by atoms with Gasteiger partial charge in [-0.1, -0.05) is 58.4 Å². The summed E-state index contributed by atoms with van der Waals surface area (Å²) in [7, 11) is 0. The zero-order chi connectivity index (χ0) is 20.1. The molecule has 146 valence electrons. The van der Waals surface area contributed by atoms with Crippen LogP contribution in [0.25, 0.3) is 0 Å². The quantitative estimate of drug-likeness (QED) is 0.640. The van der Waals surface area contributed by atoms with Gasteiger partial charge in [-0.3, -0.25) is 4.79 Å². The largest absolute Gasteiger partial charge is 0.478 e. The van der Waals surface area contributed by atoms with Gasteiger partial charge in [0.2, 0.25) is 0 Å². The average Bonchev–Trinajstić information content (AvgIpc) is 2.60. The smallest absolute Gasteiger partial charge is 0.267 e. The maximum absolute atomic E-state index is 12.7. The Labute approximate surface area is 164 Å². The summed E-state index contributed by atoms with van der Waals surface area (Å²) in [6, 6.07) is 16.0. The molecule has 2 rings (SSSR count). The van der Waals surface area contributed by atoms with Crippen LogP contribution in [0, 0.1) is 0 Å². The molecular formula is C24H33NO2. The highest BCUT2D eigenvalue weighted by molar-refractivity contribution is 5.97. The van der Waals surface area contributed by atoms with E-state index in [-0.39, 0.29) is 11.3 Å². The summed E-state index contributed by atoms with van der Waals surface area (Å²) in [6.07, 6.45) is 3.44. The number of hydrogen-bond acceptors (Lipinski definition) is 2. The molecule has 3 nitrogen and oxygen atoms in total. The van der Waals surface area contributed by atoms with Gasteiger partial charge in [0.25, 0.3) is 5.91 Å². The minimum Gasteiger partial charge on any atom is -0.478 e. The first-order valence-electron chi connectivity index (χ1n) is 9.82. The Morgan fingerprint density at radius 2 is 1.52 bits per heavy atom. The van der Waals surface area contributed by atoms with Crippen molar-refractivity contribution in [1.82, 2.24) is 0 Å². The molecule has 0 heterocycles. The third-order valence-electron chi connectivity index (χ3n) is 4.67. The maximum Gasteiger partial charge on any atom is 0.267 e. The van der Waals surface area contributed by atoms with Crippen LogP contribution < -0.4 is 10.1 Å². The van der Waals surface area contributed by atoms with Crippen molar-refractivity contribution in [3.63, 3.8) is 0 Å². The van der Waals surface area contributed by atoms with Crippen molar-refractivity contribution < 1.29 is 9.53 Å². The molecular weight excluding hydrogens is 334 g/mol. The van der Waals surface area contributed by atoms with Crippen molar-refractivity contribution in [3.05, 3.63) is 59.7 Å². The molecule has 0 aromatic heterocycles. The van der Waals surface area contributed by atoms with E-state index < -0.39 is 5.60 Å². The zero-order valence-electron chi connectivity index (χ0n) is 17.6. The third kappa shape index (κ3) is 6.13. The van der Waals surface area contributed by atoms with E-state index in [1.807, 2.05) is 24.3 Å². The second-order valence-electron chi connectivity index (χ2n) is 8.64. The Bertz CT molecular complexity index is 737. The molecule has 0 spiro atoms. The van der Waals surface area contributed by atoms with Crippen molar-refractivity contribution in [2.75, 3.05) is 5.32 Å². The molecule has 1 N–H and O–H groups in total. The van der Waals surface area contributed by atoms with Crippen LogP contribution in [-0.4, -0.2) is 11.5 Å². The first kappa shape index (κ1) is 21.0. The van der Waals surface area contributed by atoms with E-state index in [1.54, 1.807) is 13.8 Å². The fourth-order valence-corrected chi connectivity index (χ4v) is 2.78. The van der Waals surface area contributed by atoms with Crippen LogP contribution in [-0.2, 0) is 16.6 Å². The Morgan fingerprint density at radius 3 is 2.04 bits per heavy atom. The number of anilines is 1. The number of carbonyl (C=O) groups excluding carboxylic acids is 1. The molecule has 0 fully saturated rings. The molecule has 0 unspecified atom stereocenters. The molecule has 2 aromatic carbocycles. The molecule has 0 atom stereocenters. The van der Waals surface area contributed by atoms with E-state index in [1.165, 1.54) is 24.0 Å². The van der Waals surface area contributed by atoms with Gasteiger partial charge in [-0.2, -0.15) is 0 Å². The number of unbranched alkanes of at least 4 members (excludes halogenated alkanes) is 1. The zero-order valence-corrected chi connectivity index (χ0v) is 17.6. The van der Waals surface area contributed by atoms with Crippen LogP contribution in [0.1, 0.15) is 65.5 Å². The lowest BCUT2D eigenvalue weighted by molar-refractivity contribution is -0.128. The van der Waals surface area contributed by atoms with Crippen molar-refractivity contribution in [2.24, 2.45) is 0 Å². The molecule has 27 heavy (non-hydrogen) atoms. The first-order valence-corrected chi connectivity index (χ1v) is 9.82. The maximum atomic E-state index is 12.7. The molecule has 1 amide bonds. The monoisotopic (exact) mass is 367 g/mol. The predicted molar refractivity (Wildman–Crippen MR) is 114 cm³/mol. The minimum atomic E-state index is -0.968. The molecule has 0 saturated heterocycles. The highest BCUT2D eigenvalue weighted by Gasteiger charge is 2.30. The predicted octanol–water partition coefficient (Wildman–Crippen LogP) is 6.12. The summed E-state index contributed by atoms with van der Waals surface area (Å²) in [6.45, 7) is 12.3. The minimum absolute atomic E-state index is 0.0920. The van der Waals surface area contributed by atoms with E-state index in [9.17, 15) is 4.79 Å². The van der Waals surface area contributed by atoms with Crippen molar-refractivity contribution in [1.29, 1.82) is 0 Å². The number of ether oxygens (including phenoxy) is 1. The SMILES string of the molecule is CCCCc1ccc(NC(=O)C(C)(C)Oc2ccc(C(C)(C)C)cc2)cc1. The van der Waals surface area contributed by atoms with Crippen LogP contribution in [0.15, 0.2) is 48.5 Å².